The van der Waals surface area contributed by atoms with Gasteiger partial charge in [-0.05, 0) is 48.9 Å². The Balaban J connectivity index is 1.87. The van der Waals surface area contributed by atoms with Crippen LogP contribution in [-0.2, 0) is 0 Å². The minimum atomic E-state index is -0.604. The molecule has 110 valence electrons. The highest BCUT2D eigenvalue weighted by Crippen LogP contribution is 2.28. The van der Waals surface area contributed by atoms with Gasteiger partial charge in [-0.15, -0.1) is 0 Å². The van der Waals surface area contributed by atoms with Crippen LogP contribution in [0.3, 0.4) is 0 Å². The van der Waals surface area contributed by atoms with E-state index in [1.165, 1.54) is 0 Å². The first-order valence-corrected chi connectivity index (χ1v) is 6.83. The summed E-state index contributed by atoms with van der Waals surface area (Å²) in [6.07, 6.45) is 1.55. The first-order valence-electron chi connectivity index (χ1n) is 6.83. The molecule has 0 fully saturated rings. The number of aryl methyl sites for hydroxylation is 1. The van der Waals surface area contributed by atoms with Crippen LogP contribution < -0.4 is 10.5 Å². The van der Waals surface area contributed by atoms with Crippen molar-refractivity contribution < 1.29 is 9.53 Å². The maximum atomic E-state index is 11.1. The molecule has 1 heterocycles. The smallest absolute Gasteiger partial charge is 0.339 e. The van der Waals surface area contributed by atoms with E-state index in [1.807, 2.05) is 55.5 Å². The van der Waals surface area contributed by atoms with Gasteiger partial charge in [0.15, 0.2) is 0 Å². The Kier molecular flexibility index (Phi) is 3.62. The summed E-state index contributed by atoms with van der Waals surface area (Å²) in [5, 5.41) is 4.16. The number of carbonyl (C=O) groups is 1. The van der Waals surface area contributed by atoms with Crippen molar-refractivity contribution in [3.8, 4) is 22.8 Å². The van der Waals surface area contributed by atoms with Crippen molar-refractivity contribution in [3.05, 3.63) is 66.4 Å². The molecule has 0 aliphatic heterocycles. The molecule has 3 aromatic rings. The molecule has 0 saturated heterocycles. The lowest BCUT2D eigenvalue weighted by Crippen LogP contribution is -2.19. The zero-order valence-electron chi connectivity index (χ0n) is 12.1. The molecule has 0 aliphatic carbocycles. The Morgan fingerprint density at radius 2 is 1.86 bits per heavy atom. The van der Waals surface area contributed by atoms with Gasteiger partial charge >= 0.3 is 6.03 Å². The number of nitrogens with two attached hydrogens (primary N) is 1. The minimum Gasteiger partial charge on any atom is -0.457 e. The van der Waals surface area contributed by atoms with Crippen LogP contribution in [0.2, 0.25) is 0 Å². The van der Waals surface area contributed by atoms with Crippen molar-refractivity contribution in [1.82, 2.24) is 9.78 Å². The quantitative estimate of drug-likeness (QED) is 0.802. The molecule has 0 radical (unpaired) electrons. The summed E-state index contributed by atoms with van der Waals surface area (Å²) in [6, 6.07) is 16.5. The lowest BCUT2D eigenvalue weighted by atomic mass is 10.1. The number of amides is 1. The molecule has 0 aliphatic rings. The van der Waals surface area contributed by atoms with E-state index in [2.05, 4.69) is 5.10 Å². The lowest BCUT2D eigenvalue weighted by Gasteiger charge is -2.08. The van der Waals surface area contributed by atoms with Gasteiger partial charge in [0.05, 0.1) is 5.69 Å². The average molecular weight is 293 g/mol. The van der Waals surface area contributed by atoms with Crippen LogP contribution in [0.15, 0.2) is 60.8 Å². The van der Waals surface area contributed by atoms with Crippen molar-refractivity contribution in [3.63, 3.8) is 0 Å². The third kappa shape index (κ3) is 2.83. The SMILES string of the molecule is Cc1cc(Oc2ccccc2)ccc1-c1ccn(C(N)=O)n1. The van der Waals surface area contributed by atoms with Crippen LogP contribution in [0, 0.1) is 6.92 Å². The van der Waals surface area contributed by atoms with E-state index < -0.39 is 6.03 Å². The average Bonchev–Trinajstić information content (AvgIpc) is 2.98. The Bertz CT molecular complexity index is 810. The van der Waals surface area contributed by atoms with E-state index in [0.717, 1.165) is 27.3 Å². The van der Waals surface area contributed by atoms with E-state index in [9.17, 15) is 4.79 Å². The third-order valence-electron chi connectivity index (χ3n) is 3.27. The molecular weight excluding hydrogens is 278 g/mol. The first kappa shape index (κ1) is 13.9. The van der Waals surface area contributed by atoms with Crippen molar-refractivity contribution in [2.75, 3.05) is 0 Å². The second-order valence-electron chi connectivity index (χ2n) is 4.88. The largest absolute Gasteiger partial charge is 0.457 e. The van der Waals surface area contributed by atoms with Crippen LogP contribution in [-0.4, -0.2) is 15.8 Å². The number of hydrogen-bond acceptors (Lipinski definition) is 3. The maximum Gasteiger partial charge on any atom is 0.339 e. The normalized spacial score (nSPS) is 10.4. The number of primary amides is 1. The van der Waals surface area contributed by atoms with Crippen molar-refractivity contribution in [2.24, 2.45) is 5.73 Å². The molecule has 0 bridgehead atoms. The monoisotopic (exact) mass is 293 g/mol. The highest BCUT2D eigenvalue weighted by atomic mass is 16.5. The molecule has 0 unspecified atom stereocenters. The number of ether oxygens (including phenoxy) is 1. The number of carbonyl (C=O) groups excluding carboxylic acids is 1. The van der Waals surface area contributed by atoms with E-state index in [0.29, 0.717) is 5.69 Å². The Morgan fingerprint density at radius 1 is 1.09 bits per heavy atom. The fourth-order valence-corrected chi connectivity index (χ4v) is 2.20. The number of nitrogens with zero attached hydrogens (tertiary/aromatic N) is 2. The Hall–Kier alpha value is -3.08. The highest BCUT2D eigenvalue weighted by Gasteiger charge is 2.09. The number of benzene rings is 2. The van der Waals surface area contributed by atoms with Gasteiger partial charge in [0.1, 0.15) is 11.5 Å². The van der Waals surface area contributed by atoms with Crippen LogP contribution in [0.5, 0.6) is 11.5 Å². The minimum absolute atomic E-state index is 0.604. The number of para-hydroxylation sites is 1. The van der Waals surface area contributed by atoms with Crippen molar-refractivity contribution >= 4 is 6.03 Å². The molecule has 0 spiro atoms. The summed E-state index contributed by atoms with van der Waals surface area (Å²) in [5.41, 5.74) is 7.83. The zero-order chi connectivity index (χ0) is 15.5. The summed E-state index contributed by atoms with van der Waals surface area (Å²) >= 11 is 0. The van der Waals surface area contributed by atoms with E-state index in [4.69, 9.17) is 10.5 Å². The molecule has 22 heavy (non-hydrogen) atoms. The predicted octanol–water partition coefficient (Wildman–Crippen LogP) is 3.58. The summed E-state index contributed by atoms with van der Waals surface area (Å²) in [6.45, 7) is 1.97. The highest BCUT2D eigenvalue weighted by molar-refractivity contribution is 5.75. The Morgan fingerprint density at radius 3 is 2.50 bits per heavy atom. The van der Waals surface area contributed by atoms with E-state index in [-0.39, 0.29) is 0 Å². The molecule has 1 amide bonds. The van der Waals surface area contributed by atoms with Gasteiger partial charge in [-0.1, -0.05) is 18.2 Å². The van der Waals surface area contributed by atoms with Crippen LogP contribution in [0.4, 0.5) is 4.79 Å². The lowest BCUT2D eigenvalue weighted by molar-refractivity contribution is 0.248. The molecule has 2 N–H and O–H groups in total. The van der Waals surface area contributed by atoms with Crippen molar-refractivity contribution in [1.29, 1.82) is 0 Å². The van der Waals surface area contributed by atoms with Gasteiger partial charge < -0.3 is 10.5 Å². The number of hydrogen-bond donors (Lipinski definition) is 1. The molecule has 1 aromatic heterocycles. The number of rotatable bonds is 3. The third-order valence-corrected chi connectivity index (χ3v) is 3.27. The standard InChI is InChI=1S/C17H15N3O2/c1-12-11-14(22-13-5-3-2-4-6-13)7-8-15(12)16-9-10-20(19-16)17(18)21/h2-11H,1H3,(H2,18,21). The maximum absolute atomic E-state index is 11.1. The van der Waals surface area contributed by atoms with Crippen molar-refractivity contribution in [2.45, 2.75) is 6.92 Å². The summed E-state index contributed by atoms with van der Waals surface area (Å²) in [4.78, 5) is 11.1. The molecule has 0 saturated carbocycles. The fourth-order valence-electron chi connectivity index (χ4n) is 2.20. The zero-order valence-corrected chi connectivity index (χ0v) is 12.1. The Labute approximate surface area is 127 Å². The topological polar surface area (TPSA) is 70.1 Å². The van der Waals surface area contributed by atoms with Gasteiger partial charge in [-0.2, -0.15) is 9.78 Å². The molecule has 2 aromatic carbocycles. The molecule has 5 heteroatoms. The fraction of sp³-hybridized carbons (Fsp3) is 0.0588. The first-order chi connectivity index (χ1) is 10.6. The van der Waals surface area contributed by atoms with Crippen LogP contribution >= 0.6 is 0 Å². The molecule has 0 atom stereocenters. The molecule has 5 nitrogen and oxygen atoms in total. The second kappa shape index (κ2) is 5.73. The molecular formula is C17H15N3O2. The number of aromatic nitrogens is 2. The van der Waals surface area contributed by atoms with E-state index in [1.54, 1.807) is 12.3 Å². The van der Waals surface area contributed by atoms with E-state index >= 15 is 0 Å². The van der Waals surface area contributed by atoms with Gasteiger partial charge in [0.25, 0.3) is 0 Å². The summed E-state index contributed by atoms with van der Waals surface area (Å²) < 4.78 is 6.91. The van der Waals surface area contributed by atoms with Gasteiger partial charge in [0, 0.05) is 11.8 Å². The van der Waals surface area contributed by atoms with Crippen LogP contribution in [0.25, 0.3) is 11.3 Å². The summed E-state index contributed by atoms with van der Waals surface area (Å²) in [5.74, 6) is 1.54. The predicted molar refractivity (Wildman–Crippen MR) is 83.9 cm³/mol. The van der Waals surface area contributed by atoms with Gasteiger partial charge in [0.2, 0.25) is 0 Å². The molecule has 3 rings (SSSR count). The van der Waals surface area contributed by atoms with Gasteiger partial charge in [-0.25, -0.2) is 4.79 Å². The van der Waals surface area contributed by atoms with Crippen LogP contribution in [0.1, 0.15) is 5.56 Å². The van der Waals surface area contributed by atoms with Gasteiger partial charge in [-0.3, -0.25) is 0 Å². The summed E-state index contributed by atoms with van der Waals surface area (Å²) in [7, 11) is 0. The second-order valence-corrected chi connectivity index (χ2v) is 4.88.